The smallest absolute Gasteiger partial charge is 0.299 e. The molecule has 84 valence electrons. The van der Waals surface area contributed by atoms with Crippen LogP contribution in [0.15, 0.2) is 16.6 Å². The van der Waals surface area contributed by atoms with Crippen LogP contribution < -0.4 is 4.74 Å². The third-order valence-electron chi connectivity index (χ3n) is 1.81. The lowest BCUT2D eigenvalue weighted by molar-refractivity contribution is -0.0575. The Morgan fingerprint density at radius 2 is 2.07 bits per heavy atom. The van der Waals surface area contributed by atoms with Crippen LogP contribution in [0, 0.1) is 5.82 Å². The highest BCUT2D eigenvalue weighted by atomic mass is 79.9. The van der Waals surface area contributed by atoms with E-state index >= 15 is 0 Å². The Morgan fingerprint density at radius 1 is 1.47 bits per heavy atom. The fourth-order valence-electron chi connectivity index (χ4n) is 1.12. The predicted molar refractivity (Wildman–Crippen MR) is 51.6 cm³/mol. The first-order valence-electron chi connectivity index (χ1n) is 3.94. The molecule has 0 amide bonds. The molecule has 0 fully saturated rings. The minimum atomic E-state index is -3.53. The van der Waals surface area contributed by atoms with Crippen LogP contribution in [0.3, 0.4) is 0 Å². The summed E-state index contributed by atoms with van der Waals surface area (Å²) in [6.45, 7) is -1.40. The van der Waals surface area contributed by atoms with Crippen LogP contribution in [0.4, 0.5) is 13.2 Å². The molecule has 0 aliphatic carbocycles. The molecule has 0 unspecified atom stereocenters. The van der Waals surface area contributed by atoms with Crippen molar-refractivity contribution in [2.45, 2.75) is 5.92 Å². The van der Waals surface area contributed by atoms with E-state index in [-0.39, 0.29) is 4.47 Å². The molecule has 0 aromatic heterocycles. The molecule has 0 heterocycles. The molecule has 1 aromatic rings. The van der Waals surface area contributed by atoms with Crippen molar-refractivity contribution in [3.63, 3.8) is 0 Å². The van der Waals surface area contributed by atoms with Crippen molar-refractivity contribution in [3.8, 4) is 5.75 Å². The van der Waals surface area contributed by atoms with Gasteiger partial charge in [0.05, 0.1) is 12.7 Å². The molecule has 0 bridgehead atoms. The quantitative estimate of drug-likeness (QED) is 0.925. The number of ether oxygens (including phenoxy) is 1. The van der Waals surface area contributed by atoms with E-state index in [9.17, 15) is 13.2 Å². The van der Waals surface area contributed by atoms with E-state index in [1.54, 1.807) is 0 Å². The molecule has 0 radical (unpaired) electrons. The summed E-state index contributed by atoms with van der Waals surface area (Å²) in [6.07, 6.45) is 0. The molecule has 2 nitrogen and oxygen atoms in total. The largest absolute Gasteiger partial charge is 0.493 e. The van der Waals surface area contributed by atoms with Crippen LogP contribution in [-0.2, 0) is 5.92 Å². The number of aliphatic hydroxyl groups excluding tert-OH is 1. The highest BCUT2D eigenvalue weighted by Gasteiger charge is 2.35. The lowest BCUT2D eigenvalue weighted by Crippen LogP contribution is -2.20. The second-order valence-corrected chi connectivity index (χ2v) is 3.75. The van der Waals surface area contributed by atoms with Crippen molar-refractivity contribution >= 4 is 15.9 Å². The minimum absolute atomic E-state index is 0.156. The van der Waals surface area contributed by atoms with E-state index in [0.29, 0.717) is 0 Å². The van der Waals surface area contributed by atoms with E-state index in [2.05, 4.69) is 20.7 Å². The summed E-state index contributed by atoms with van der Waals surface area (Å²) >= 11 is 2.89. The molecule has 15 heavy (non-hydrogen) atoms. The van der Waals surface area contributed by atoms with E-state index in [4.69, 9.17) is 5.11 Å². The van der Waals surface area contributed by atoms with Gasteiger partial charge in [0, 0.05) is 4.47 Å². The maximum atomic E-state index is 13.2. The molecule has 0 aliphatic heterocycles. The standard InChI is InChI=1S/C9H8BrF3O2/c1-15-8-6(9(12,13)4-14)2-5(10)3-7(8)11/h2-3,14H,4H2,1H3. The minimum Gasteiger partial charge on any atom is -0.493 e. The molecule has 0 aliphatic rings. The maximum Gasteiger partial charge on any atom is 0.299 e. The molecule has 1 aromatic carbocycles. The summed E-state index contributed by atoms with van der Waals surface area (Å²) in [4.78, 5) is 0. The molecule has 0 saturated carbocycles. The number of alkyl halides is 2. The molecule has 0 saturated heterocycles. The van der Waals surface area contributed by atoms with Crippen molar-refractivity contribution in [3.05, 3.63) is 28.0 Å². The van der Waals surface area contributed by atoms with Crippen molar-refractivity contribution in [2.24, 2.45) is 0 Å². The number of rotatable bonds is 3. The molecule has 0 atom stereocenters. The summed E-state index contributed by atoms with van der Waals surface area (Å²) in [6, 6.07) is 2.02. The molecule has 6 heteroatoms. The lowest BCUT2D eigenvalue weighted by atomic mass is 10.1. The molecule has 1 rings (SSSR count). The predicted octanol–water partition coefficient (Wildman–Crippen LogP) is 2.68. The first-order valence-corrected chi connectivity index (χ1v) is 4.74. The highest BCUT2D eigenvalue weighted by Crippen LogP contribution is 2.38. The number of halogens is 4. The fourth-order valence-corrected chi connectivity index (χ4v) is 1.55. The number of methoxy groups -OCH3 is 1. The second kappa shape index (κ2) is 4.40. The van der Waals surface area contributed by atoms with Crippen molar-refractivity contribution in [2.75, 3.05) is 13.7 Å². The average molecular weight is 285 g/mol. The van der Waals surface area contributed by atoms with Crippen molar-refractivity contribution in [1.82, 2.24) is 0 Å². The number of hydrogen-bond acceptors (Lipinski definition) is 2. The van der Waals surface area contributed by atoms with Gasteiger partial charge in [-0.05, 0) is 12.1 Å². The Balaban J connectivity index is 3.39. The fraction of sp³-hybridized carbons (Fsp3) is 0.333. The van der Waals surface area contributed by atoms with Gasteiger partial charge in [0.15, 0.2) is 11.6 Å². The van der Waals surface area contributed by atoms with Crippen LogP contribution in [0.5, 0.6) is 5.75 Å². The average Bonchev–Trinajstić information content (AvgIpc) is 2.16. The van der Waals surface area contributed by atoms with Gasteiger partial charge in [0.2, 0.25) is 0 Å². The number of aliphatic hydroxyl groups is 1. The van der Waals surface area contributed by atoms with Crippen LogP contribution in [0.25, 0.3) is 0 Å². The zero-order chi connectivity index (χ0) is 11.6. The molecular formula is C9H8BrF3O2. The Morgan fingerprint density at radius 3 is 2.53 bits per heavy atom. The highest BCUT2D eigenvalue weighted by molar-refractivity contribution is 9.10. The van der Waals surface area contributed by atoms with Gasteiger partial charge in [-0.1, -0.05) is 15.9 Å². The van der Waals surface area contributed by atoms with Gasteiger partial charge in [-0.3, -0.25) is 0 Å². The van der Waals surface area contributed by atoms with Crippen LogP contribution in [0.1, 0.15) is 5.56 Å². The second-order valence-electron chi connectivity index (χ2n) is 2.83. The monoisotopic (exact) mass is 284 g/mol. The van der Waals surface area contributed by atoms with Gasteiger partial charge in [-0.2, -0.15) is 8.78 Å². The van der Waals surface area contributed by atoms with Crippen LogP contribution in [-0.4, -0.2) is 18.8 Å². The SMILES string of the molecule is COc1c(F)cc(Br)cc1C(F)(F)CO. The third-order valence-corrected chi connectivity index (χ3v) is 2.26. The first kappa shape index (κ1) is 12.3. The summed E-state index contributed by atoms with van der Waals surface area (Å²) in [7, 11) is 1.09. The summed E-state index contributed by atoms with van der Waals surface area (Å²) in [5.74, 6) is -5.00. The molecular weight excluding hydrogens is 277 g/mol. The zero-order valence-electron chi connectivity index (χ0n) is 7.73. The van der Waals surface area contributed by atoms with Gasteiger partial charge in [-0.25, -0.2) is 4.39 Å². The molecule has 1 N–H and O–H groups in total. The van der Waals surface area contributed by atoms with Gasteiger partial charge in [0.1, 0.15) is 6.61 Å². The van der Waals surface area contributed by atoms with E-state index in [0.717, 1.165) is 19.2 Å². The zero-order valence-corrected chi connectivity index (χ0v) is 9.32. The van der Waals surface area contributed by atoms with Gasteiger partial charge in [0.25, 0.3) is 5.92 Å². The van der Waals surface area contributed by atoms with Crippen molar-refractivity contribution in [1.29, 1.82) is 0 Å². The third kappa shape index (κ3) is 2.43. The van der Waals surface area contributed by atoms with Crippen LogP contribution >= 0.6 is 15.9 Å². The van der Waals surface area contributed by atoms with Gasteiger partial charge < -0.3 is 9.84 Å². The Bertz CT molecular complexity index is 369. The number of hydrogen-bond donors (Lipinski definition) is 1. The first-order chi connectivity index (χ1) is 6.92. The van der Waals surface area contributed by atoms with E-state index in [1.165, 1.54) is 0 Å². The Kier molecular flexibility index (Phi) is 3.62. The normalized spacial score (nSPS) is 11.6. The Hall–Kier alpha value is -0.750. The van der Waals surface area contributed by atoms with Gasteiger partial charge in [-0.15, -0.1) is 0 Å². The summed E-state index contributed by atoms with van der Waals surface area (Å²) in [5, 5.41) is 8.51. The summed E-state index contributed by atoms with van der Waals surface area (Å²) in [5.41, 5.74) is -0.681. The van der Waals surface area contributed by atoms with Crippen LogP contribution in [0.2, 0.25) is 0 Å². The van der Waals surface area contributed by atoms with E-state index in [1.807, 2.05) is 0 Å². The maximum absolute atomic E-state index is 13.2. The topological polar surface area (TPSA) is 29.5 Å². The lowest BCUT2D eigenvalue weighted by Gasteiger charge is -2.17. The number of benzene rings is 1. The molecule has 0 spiro atoms. The van der Waals surface area contributed by atoms with Crippen molar-refractivity contribution < 1.29 is 23.0 Å². The van der Waals surface area contributed by atoms with E-state index < -0.39 is 29.7 Å². The summed E-state index contributed by atoms with van der Waals surface area (Å²) < 4.78 is 44.2. The van der Waals surface area contributed by atoms with Gasteiger partial charge >= 0.3 is 0 Å². The Labute approximate surface area is 92.8 Å².